The first kappa shape index (κ1) is 55.5. The molecule has 1 atom stereocenters. The van der Waals surface area contributed by atoms with Crippen molar-refractivity contribution in [3.8, 4) is 0 Å². The molecule has 0 amide bonds. The smallest absolute Gasteiger partial charge is 0.457 e. The number of unbranched alkanes of at least 4 members (excludes halogenated alkanes) is 38. The molecule has 0 aromatic heterocycles. The summed E-state index contributed by atoms with van der Waals surface area (Å²) in [6.45, 7) is 4.83. The van der Waals surface area contributed by atoms with Crippen LogP contribution in [0.3, 0.4) is 0 Å². The Hall–Kier alpha value is -0.460. The van der Waals surface area contributed by atoms with Gasteiger partial charge < -0.3 is 19.3 Å². The van der Waals surface area contributed by atoms with Crippen LogP contribution in [0.15, 0.2) is 0 Å². The van der Waals surface area contributed by atoms with Crippen LogP contribution < -0.4 is 0 Å². The molecule has 0 aliphatic heterocycles. The van der Waals surface area contributed by atoms with Crippen molar-refractivity contribution in [3.05, 3.63) is 0 Å². The number of phosphoric acid groups is 1. The Labute approximate surface area is 349 Å². The lowest BCUT2D eigenvalue weighted by Crippen LogP contribution is -2.28. The lowest BCUT2D eigenvalue weighted by molar-refractivity contribution is -0.154. The molecule has 0 aromatic rings. The SMILES string of the molecule is CCCCCCCCCCCCCCCCCCCCCCCCC(=O)O[C@H](COCCCCCCCCCCCCCCCCCCCC)COP(=O)(O)O. The van der Waals surface area contributed by atoms with Gasteiger partial charge in [0.05, 0.1) is 13.2 Å². The van der Waals surface area contributed by atoms with E-state index in [9.17, 15) is 9.36 Å². The molecule has 0 aliphatic carbocycles. The molecule has 0 heterocycles. The van der Waals surface area contributed by atoms with Gasteiger partial charge in [-0.15, -0.1) is 0 Å². The third kappa shape index (κ3) is 47.9. The third-order valence-electron chi connectivity index (χ3n) is 11.4. The zero-order chi connectivity index (χ0) is 40.9. The monoisotopic (exact) mass is 817 g/mol. The van der Waals surface area contributed by atoms with Gasteiger partial charge in [0.15, 0.2) is 0 Å². The summed E-state index contributed by atoms with van der Waals surface area (Å²) in [7, 11) is -4.65. The van der Waals surface area contributed by atoms with Crippen LogP contribution in [0, 0.1) is 0 Å². The van der Waals surface area contributed by atoms with Crippen LogP contribution in [0.2, 0.25) is 0 Å². The summed E-state index contributed by atoms with van der Waals surface area (Å²) in [5.41, 5.74) is 0. The Bertz CT molecular complexity index is 819. The van der Waals surface area contributed by atoms with E-state index in [0.717, 1.165) is 32.1 Å². The molecule has 0 radical (unpaired) electrons. The van der Waals surface area contributed by atoms with E-state index in [-0.39, 0.29) is 19.2 Å². The van der Waals surface area contributed by atoms with Crippen molar-refractivity contribution in [2.45, 2.75) is 283 Å². The molecule has 0 bridgehead atoms. The number of esters is 1. The van der Waals surface area contributed by atoms with E-state index in [2.05, 4.69) is 18.4 Å². The summed E-state index contributed by atoms with van der Waals surface area (Å²) in [5.74, 6) is -0.353. The summed E-state index contributed by atoms with van der Waals surface area (Å²) in [6, 6.07) is 0. The van der Waals surface area contributed by atoms with Crippen LogP contribution in [0.1, 0.15) is 277 Å². The summed E-state index contributed by atoms with van der Waals surface area (Å²) >= 11 is 0. The van der Waals surface area contributed by atoms with Gasteiger partial charge in [-0.1, -0.05) is 258 Å². The Morgan fingerprint density at radius 2 is 0.679 bits per heavy atom. The highest BCUT2D eigenvalue weighted by molar-refractivity contribution is 7.46. The van der Waals surface area contributed by atoms with Crippen LogP contribution in [0.25, 0.3) is 0 Å². The van der Waals surface area contributed by atoms with Crippen LogP contribution in [0.5, 0.6) is 0 Å². The van der Waals surface area contributed by atoms with Gasteiger partial charge in [-0.2, -0.15) is 0 Å². The van der Waals surface area contributed by atoms with Crippen molar-refractivity contribution >= 4 is 13.8 Å². The van der Waals surface area contributed by atoms with Gasteiger partial charge in [0.1, 0.15) is 6.10 Å². The lowest BCUT2D eigenvalue weighted by atomic mass is 10.0. The Balaban J connectivity index is 3.66. The zero-order valence-corrected chi connectivity index (χ0v) is 38.5. The molecule has 0 aliphatic rings. The quantitative estimate of drug-likeness (QED) is 0.0358. The van der Waals surface area contributed by atoms with Crippen molar-refractivity contribution in [2.24, 2.45) is 0 Å². The van der Waals surface area contributed by atoms with Crippen molar-refractivity contribution in [3.63, 3.8) is 0 Å². The Kier molecular flexibility index (Phi) is 45.2. The molecule has 0 fully saturated rings. The number of carbonyl (C=O) groups is 1. The van der Waals surface area contributed by atoms with E-state index in [1.165, 1.54) is 225 Å². The highest BCUT2D eigenvalue weighted by atomic mass is 31.2. The van der Waals surface area contributed by atoms with Gasteiger partial charge in [0, 0.05) is 13.0 Å². The van der Waals surface area contributed by atoms with Gasteiger partial charge in [-0.05, 0) is 12.8 Å². The van der Waals surface area contributed by atoms with Crippen molar-refractivity contribution < 1.29 is 33.1 Å². The molecule has 8 heteroatoms. The number of hydrogen-bond acceptors (Lipinski definition) is 5. The molecule has 0 rings (SSSR count). The zero-order valence-electron chi connectivity index (χ0n) is 37.6. The van der Waals surface area contributed by atoms with Gasteiger partial charge in [0.25, 0.3) is 0 Å². The van der Waals surface area contributed by atoms with Crippen molar-refractivity contribution in [2.75, 3.05) is 19.8 Å². The molecular formula is C48H97O7P. The van der Waals surface area contributed by atoms with Crippen LogP contribution >= 0.6 is 7.82 Å². The average molecular weight is 817 g/mol. The Morgan fingerprint density at radius 1 is 0.411 bits per heavy atom. The number of rotatable bonds is 48. The van der Waals surface area contributed by atoms with E-state index >= 15 is 0 Å². The molecule has 336 valence electrons. The topological polar surface area (TPSA) is 102 Å². The standard InChI is InChI=1S/C48H97O7P/c1-3-5-7-9-11-13-15-17-19-21-23-24-25-26-27-29-31-33-35-37-39-41-43-48(49)55-47(46-54-56(50,51)52)45-53-44-42-40-38-36-34-32-30-28-22-20-18-16-14-12-10-8-6-4-2/h47H,3-46H2,1-2H3,(H2,50,51,52)/t47-/m1/s1. The first-order chi connectivity index (χ1) is 27.4. The van der Waals surface area contributed by atoms with E-state index < -0.39 is 13.9 Å². The average Bonchev–Trinajstić information content (AvgIpc) is 3.17. The van der Waals surface area contributed by atoms with E-state index in [1.807, 2.05) is 0 Å². The van der Waals surface area contributed by atoms with Gasteiger partial charge in [-0.3, -0.25) is 9.32 Å². The Morgan fingerprint density at radius 3 is 0.964 bits per heavy atom. The highest BCUT2D eigenvalue weighted by Crippen LogP contribution is 2.36. The molecule has 0 saturated heterocycles. The van der Waals surface area contributed by atoms with Crippen LogP contribution in [0.4, 0.5) is 0 Å². The second-order valence-corrected chi connectivity index (χ2v) is 18.4. The van der Waals surface area contributed by atoms with Gasteiger partial charge in [0.2, 0.25) is 0 Å². The molecule has 2 N–H and O–H groups in total. The predicted octanol–water partition coefficient (Wildman–Crippen LogP) is 16.1. The fourth-order valence-electron chi connectivity index (χ4n) is 7.74. The summed E-state index contributed by atoms with van der Waals surface area (Å²) in [5, 5.41) is 0. The number of hydrogen-bond donors (Lipinski definition) is 2. The first-order valence-corrected chi connectivity index (χ1v) is 26.4. The van der Waals surface area contributed by atoms with Gasteiger partial charge >= 0.3 is 13.8 Å². The van der Waals surface area contributed by atoms with E-state index in [0.29, 0.717) is 13.0 Å². The minimum atomic E-state index is -4.65. The summed E-state index contributed by atoms with van der Waals surface area (Å²) in [6.07, 6.45) is 52.6. The van der Waals surface area contributed by atoms with E-state index in [4.69, 9.17) is 19.3 Å². The maximum Gasteiger partial charge on any atom is 0.469 e. The minimum Gasteiger partial charge on any atom is -0.457 e. The van der Waals surface area contributed by atoms with Crippen molar-refractivity contribution in [1.29, 1.82) is 0 Å². The molecule has 0 unspecified atom stereocenters. The molecule has 0 spiro atoms. The molecule has 0 aromatic carbocycles. The second-order valence-electron chi connectivity index (χ2n) is 17.2. The van der Waals surface area contributed by atoms with Crippen molar-refractivity contribution in [1.82, 2.24) is 0 Å². The number of ether oxygens (including phenoxy) is 2. The van der Waals surface area contributed by atoms with E-state index in [1.54, 1.807) is 0 Å². The number of phosphoric ester groups is 1. The molecular weight excluding hydrogens is 719 g/mol. The molecule has 0 saturated carbocycles. The summed E-state index contributed by atoms with van der Waals surface area (Å²) < 4.78 is 27.1. The minimum absolute atomic E-state index is 0.0874. The third-order valence-corrected chi connectivity index (χ3v) is 11.9. The lowest BCUT2D eigenvalue weighted by Gasteiger charge is -2.18. The second kappa shape index (κ2) is 45.6. The predicted molar refractivity (Wildman–Crippen MR) is 239 cm³/mol. The number of carbonyl (C=O) groups excluding carboxylic acids is 1. The first-order valence-electron chi connectivity index (χ1n) is 24.9. The highest BCUT2D eigenvalue weighted by Gasteiger charge is 2.21. The van der Waals surface area contributed by atoms with Crippen LogP contribution in [-0.2, 0) is 23.4 Å². The molecule has 56 heavy (non-hydrogen) atoms. The van der Waals surface area contributed by atoms with Gasteiger partial charge in [-0.25, -0.2) is 4.57 Å². The fraction of sp³-hybridized carbons (Fsp3) is 0.979. The maximum absolute atomic E-state index is 12.5. The normalized spacial score (nSPS) is 12.4. The van der Waals surface area contributed by atoms with Crippen LogP contribution in [-0.4, -0.2) is 41.7 Å². The maximum atomic E-state index is 12.5. The fourth-order valence-corrected chi connectivity index (χ4v) is 8.10. The molecule has 7 nitrogen and oxygen atoms in total. The summed E-state index contributed by atoms with van der Waals surface area (Å²) in [4.78, 5) is 30.8. The largest absolute Gasteiger partial charge is 0.469 e.